The third-order valence-electron chi connectivity index (χ3n) is 13.2. The van der Waals surface area contributed by atoms with Gasteiger partial charge in [0.2, 0.25) is 5.91 Å². The van der Waals surface area contributed by atoms with E-state index in [0.717, 1.165) is 64.2 Å². The second kappa shape index (κ2) is 53.8. The quantitative estimate of drug-likeness (QED) is 0.0321. The highest BCUT2D eigenvalue weighted by Gasteiger charge is 2.24. The lowest BCUT2D eigenvalue weighted by Gasteiger charge is -2.24. The summed E-state index contributed by atoms with van der Waals surface area (Å²) in [5.74, 6) is -0.527. The zero-order valence-electron chi connectivity index (χ0n) is 44.1. The summed E-state index contributed by atoms with van der Waals surface area (Å²) in [7, 11) is 0. The predicted octanol–water partition coefficient (Wildman–Crippen LogP) is 17.8. The molecule has 0 aliphatic rings. The molecule has 3 N–H and O–H groups in total. The normalized spacial score (nSPS) is 13.5. The van der Waals surface area contributed by atoms with Crippen LogP contribution < -0.4 is 5.32 Å². The van der Waals surface area contributed by atoms with Gasteiger partial charge in [-0.3, -0.25) is 9.59 Å². The van der Waals surface area contributed by atoms with Crippen LogP contribution in [0.5, 0.6) is 0 Å². The van der Waals surface area contributed by atoms with Crippen molar-refractivity contribution in [3.05, 3.63) is 48.6 Å². The lowest BCUT2D eigenvalue weighted by molar-refractivity contribution is -0.151. The SMILES string of the molecule is CCCCC/C=C\C/C=C\C/C=C\C/C=C\CCCC(=O)OC(CCCCCCCCCCCCCCCCC)CC(=O)NC(CO)C(O)CCCCCCCCCCCCCCCCC. The standard InChI is InChI=1S/C60H111NO5/c1-4-7-10-13-16-19-22-25-28-29-32-35-38-41-44-47-50-53-60(65)66-56(51-48-45-42-39-36-33-30-26-23-20-17-14-11-8-5-2)54-59(64)61-57(55-62)58(63)52-49-46-43-40-37-34-31-27-24-21-18-15-12-9-6-3/h16,19,25,28,32,35,41,44,56-58,62-63H,4-15,17-18,20-24,26-27,29-31,33-34,36-40,42-43,45-55H2,1-3H3,(H,61,64)/b19-16-,28-25-,35-32-,44-41-. The lowest BCUT2D eigenvalue weighted by Crippen LogP contribution is -2.46. The van der Waals surface area contributed by atoms with E-state index < -0.39 is 18.2 Å². The molecule has 0 aromatic heterocycles. The van der Waals surface area contributed by atoms with E-state index in [1.54, 1.807) is 0 Å². The van der Waals surface area contributed by atoms with Crippen LogP contribution in [-0.4, -0.2) is 46.9 Å². The molecule has 0 bridgehead atoms. The minimum absolute atomic E-state index is 0.0592. The molecule has 0 spiro atoms. The van der Waals surface area contributed by atoms with Gasteiger partial charge in [0.15, 0.2) is 0 Å². The smallest absolute Gasteiger partial charge is 0.306 e. The van der Waals surface area contributed by atoms with Crippen molar-refractivity contribution in [2.75, 3.05) is 6.61 Å². The van der Waals surface area contributed by atoms with Crippen molar-refractivity contribution in [1.82, 2.24) is 5.32 Å². The number of aliphatic hydroxyl groups excluding tert-OH is 2. The topological polar surface area (TPSA) is 95.9 Å². The molecular formula is C60H111NO5. The van der Waals surface area contributed by atoms with Crippen LogP contribution in [0.25, 0.3) is 0 Å². The third kappa shape index (κ3) is 48.3. The molecule has 0 saturated carbocycles. The molecular weight excluding hydrogens is 815 g/mol. The van der Waals surface area contributed by atoms with Crippen LogP contribution in [-0.2, 0) is 14.3 Å². The molecule has 0 aliphatic carbocycles. The fourth-order valence-corrected chi connectivity index (χ4v) is 8.78. The molecule has 1 amide bonds. The molecule has 0 rings (SSSR count). The molecule has 386 valence electrons. The Morgan fingerprint density at radius 3 is 1.17 bits per heavy atom. The summed E-state index contributed by atoms with van der Waals surface area (Å²) in [6.07, 6.45) is 66.0. The number of carbonyl (C=O) groups is 2. The van der Waals surface area contributed by atoms with Gasteiger partial charge in [-0.25, -0.2) is 0 Å². The Balaban J connectivity index is 4.62. The number of rotatable bonds is 52. The number of hydrogen-bond donors (Lipinski definition) is 3. The van der Waals surface area contributed by atoms with Crippen molar-refractivity contribution in [2.24, 2.45) is 0 Å². The van der Waals surface area contributed by atoms with Gasteiger partial charge in [-0.2, -0.15) is 0 Å². The third-order valence-corrected chi connectivity index (χ3v) is 13.2. The van der Waals surface area contributed by atoms with Gasteiger partial charge in [-0.15, -0.1) is 0 Å². The van der Waals surface area contributed by atoms with E-state index in [-0.39, 0.29) is 24.9 Å². The summed E-state index contributed by atoms with van der Waals surface area (Å²) in [6, 6.07) is -0.711. The highest BCUT2D eigenvalue weighted by atomic mass is 16.5. The number of nitrogens with one attached hydrogen (secondary N) is 1. The minimum atomic E-state index is -0.796. The number of allylic oxidation sites excluding steroid dienone is 8. The predicted molar refractivity (Wildman–Crippen MR) is 287 cm³/mol. The Kier molecular flexibility index (Phi) is 52.0. The number of hydrogen-bond acceptors (Lipinski definition) is 5. The van der Waals surface area contributed by atoms with E-state index in [9.17, 15) is 19.8 Å². The molecule has 0 fully saturated rings. The fraction of sp³-hybridized carbons (Fsp3) is 0.833. The molecule has 0 aliphatic heterocycles. The Bertz CT molecular complexity index is 1130. The molecule has 0 aromatic rings. The largest absolute Gasteiger partial charge is 0.462 e. The highest BCUT2D eigenvalue weighted by molar-refractivity contribution is 5.77. The van der Waals surface area contributed by atoms with E-state index in [2.05, 4.69) is 74.7 Å². The summed E-state index contributed by atoms with van der Waals surface area (Å²) < 4.78 is 5.93. The van der Waals surface area contributed by atoms with Crippen molar-refractivity contribution in [2.45, 2.75) is 315 Å². The van der Waals surface area contributed by atoms with Crippen LogP contribution in [0.3, 0.4) is 0 Å². The molecule has 66 heavy (non-hydrogen) atoms. The van der Waals surface area contributed by atoms with E-state index in [4.69, 9.17) is 4.74 Å². The van der Waals surface area contributed by atoms with Gasteiger partial charge in [0.1, 0.15) is 6.10 Å². The number of ether oxygens (including phenoxy) is 1. The van der Waals surface area contributed by atoms with Crippen LogP contribution in [0.15, 0.2) is 48.6 Å². The monoisotopic (exact) mass is 926 g/mol. The fourth-order valence-electron chi connectivity index (χ4n) is 8.78. The maximum atomic E-state index is 13.3. The van der Waals surface area contributed by atoms with Crippen LogP contribution in [0.1, 0.15) is 297 Å². The Morgan fingerprint density at radius 2 is 0.773 bits per heavy atom. The van der Waals surface area contributed by atoms with Gasteiger partial charge < -0.3 is 20.3 Å². The summed E-state index contributed by atoms with van der Waals surface area (Å²) >= 11 is 0. The summed E-state index contributed by atoms with van der Waals surface area (Å²) in [5.41, 5.74) is 0. The van der Waals surface area contributed by atoms with Gasteiger partial charge in [0, 0.05) is 6.42 Å². The minimum Gasteiger partial charge on any atom is -0.462 e. The second-order valence-corrected chi connectivity index (χ2v) is 19.7. The number of carbonyl (C=O) groups excluding carboxylic acids is 2. The molecule has 0 heterocycles. The number of aliphatic hydroxyl groups is 2. The van der Waals surface area contributed by atoms with Crippen LogP contribution in [0, 0.1) is 0 Å². The molecule has 0 radical (unpaired) electrons. The molecule has 3 atom stereocenters. The van der Waals surface area contributed by atoms with Crippen LogP contribution in [0.4, 0.5) is 0 Å². The van der Waals surface area contributed by atoms with E-state index in [0.29, 0.717) is 25.7 Å². The van der Waals surface area contributed by atoms with Gasteiger partial charge in [0.25, 0.3) is 0 Å². The first-order valence-electron chi connectivity index (χ1n) is 28.9. The van der Waals surface area contributed by atoms with Crippen LogP contribution in [0.2, 0.25) is 0 Å². The average Bonchev–Trinajstić information content (AvgIpc) is 3.31. The molecule has 3 unspecified atom stereocenters. The Hall–Kier alpha value is -2.18. The van der Waals surface area contributed by atoms with Crippen LogP contribution >= 0.6 is 0 Å². The van der Waals surface area contributed by atoms with E-state index in [1.807, 2.05) is 0 Å². The van der Waals surface area contributed by atoms with Gasteiger partial charge >= 0.3 is 5.97 Å². The Labute approximate surface area is 410 Å². The first-order chi connectivity index (χ1) is 32.5. The second-order valence-electron chi connectivity index (χ2n) is 19.7. The number of amides is 1. The maximum Gasteiger partial charge on any atom is 0.306 e. The summed E-state index contributed by atoms with van der Waals surface area (Å²) in [5, 5.41) is 23.9. The zero-order chi connectivity index (χ0) is 48.1. The maximum absolute atomic E-state index is 13.3. The number of unbranched alkanes of at least 4 members (excludes halogenated alkanes) is 32. The van der Waals surface area contributed by atoms with Crippen molar-refractivity contribution < 1.29 is 24.5 Å². The van der Waals surface area contributed by atoms with Gasteiger partial charge in [0.05, 0.1) is 25.2 Å². The van der Waals surface area contributed by atoms with Crippen molar-refractivity contribution in [3.8, 4) is 0 Å². The summed E-state index contributed by atoms with van der Waals surface area (Å²) in [4.78, 5) is 26.2. The zero-order valence-corrected chi connectivity index (χ0v) is 44.1. The van der Waals surface area contributed by atoms with E-state index >= 15 is 0 Å². The molecule has 6 heteroatoms. The van der Waals surface area contributed by atoms with Crippen molar-refractivity contribution >= 4 is 11.9 Å². The first kappa shape index (κ1) is 63.8. The lowest BCUT2D eigenvalue weighted by atomic mass is 10.0. The van der Waals surface area contributed by atoms with Crippen molar-refractivity contribution in [3.63, 3.8) is 0 Å². The summed E-state index contributed by atoms with van der Waals surface area (Å²) in [6.45, 7) is 6.48. The van der Waals surface area contributed by atoms with E-state index in [1.165, 1.54) is 180 Å². The molecule has 6 nitrogen and oxygen atoms in total. The Morgan fingerprint density at radius 1 is 0.439 bits per heavy atom. The number of esters is 1. The van der Waals surface area contributed by atoms with Gasteiger partial charge in [-0.1, -0.05) is 268 Å². The van der Waals surface area contributed by atoms with Gasteiger partial charge in [-0.05, 0) is 64.2 Å². The highest BCUT2D eigenvalue weighted by Crippen LogP contribution is 2.18. The van der Waals surface area contributed by atoms with Crippen molar-refractivity contribution in [1.29, 1.82) is 0 Å². The average molecular weight is 927 g/mol. The first-order valence-corrected chi connectivity index (χ1v) is 28.9. The molecule has 0 aromatic carbocycles. The molecule has 0 saturated heterocycles.